The van der Waals surface area contributed by atoms with Crippen LogP contribution in [0.3, 0.4) is 0 Å². The zero-order chi connectivity index (χ0) is 17.6. The van der Waals surface area contributed by atoms with Gasteiger partial charge < -0.3 is 20.3 Å². The second-order valence-electron chi connectivity index (χ2n) is 6.43. The maximum atomic E-state index is 12.3. The first-order chi connectivity index (χ1) is 12.2. The van der Waals surface area contributed by atoms with Crippen LogP contribution < -0.4 is 11.1 Å². The summed E-state index contributed by atoms with van der Waals surface area (Å²) in [4.78, 5) is 16.6. The van der Waals surface area contributed by atoms with E-state index in [1.165, 1.54) is 0 Å². The van der Waals surface area contributed by atoms with Crippen LogP contribution in [0.25, 0.3) is 0 Å². The minimum Gasteiger partial charge on any atom is -0.380 e. The van der Waals surface area contributed by atoms with Gasteiger partial charge in [0.25, 0.3) is 0 Å². The van der Waals surface area contributed by atoms with E-state index in [2.05, 4.69) is 15.5 Å². The van der Waals surface area contributed by atoms with Crippen molar-refractivity contribution in [1.82, 2.24) is 15.5 Å². The first-order valence-electron chi connectivity index (χ1n) is 8.57. The number of hydrogen-bond donors (Lipinski definition) is 2. The molecule has 3 atom stereocenters. The minimum atomic E-state index is -0.102. The van der Waals surface area contributed by atoms with Crippen molar-refractivity contribution < 1.29 is 14.1 Å². The van der Waals surface area contributed by atoms with Crippen LogP contribution in [0.4, 0.5) is 0 Å². The lowest BCUT2D eigenvalue weighted by molar-refractivity contribution is -0.127. The molecule has 1 aromatic heterocycles. The first kappa shape index (κ1) is 20.4. The molecule has 8 heteroatoms. The Labute approximate surface area is 159 Å². The third-order valence-corrected chi connectivity index (χ3v) is 4.64. The van der Waals surface area contributed by atoms with Crippen LogP contribution in [-0.2, 0) is 22.5 Å². The molecule has 3 N–H and O–H groups in total. The monoisotopic (exact) mass is 380 g/mol. The molecule has 2 aromatic rings. The Balaban J connectivity index is 0.00000243. The molecule has 1 aromatic carbocycles. The van der Waals surface area contributed by atoms with Gasteiger partial charge in [-0.2, -0.15) is 4.98 Å². The number of aromatic nitrogens is 2. The minimum absolute atomic E-state index is 0. The first-order valence-corrected chi connectivity index (χ1v) is 8.57. The highest BCUT2D eigenvalue weighted by molar-refractivity contribution is 5.85. The van der Waals surface area contributed by atoms with Crippen LogP contribution in [-0.4, -0.2) is 35.3 Å². The third kappa shape index (κ3) is 5.27. The summed E-state index contributed by atoms with van der Waals surface area (Å²) >= 11 is 0. The summed E-state index contributed by atoms with van der Waals surface area (Å²) in [6.45, 7) is 0.236. The van der Waals surface area contributed by atoms with Gasteiger partial charge in [-0.05, 0) is 24.8 Å². The maximum Gasteiger partial charge on any atom is 0.246 e. The molecule has 0 unspecified atom stereocenters. The molecule has 142 valence electrons. The molecular formula is C18H25ClN4O3. The maximum absolute atomic E-state index is 12.3. The van der Waals surface area contributed by atoms with Gasteiger partial charge in [-0.1, -0.05) is 35.5 Å². The normalized spacial score (nSPS) is 22.5. The Morgan fingerprint density at radius 3 is 2.81 bits per heavy atom. The van der Waals surface area contributed by atoms with Gasteiger partial charge in [0.05, 0.1) is 12.6 Å². The van der Waals surface area contributed by atoms with Crippen LogP contribution in [0.1, 0.15) is 36.5 Å². The highest BCUT2D eigenvalue weighted by Crippen LogP contribution is 2.25. The summed E-state index contributed by atoms with van der Waals surface area (Å²) in [5.41, 5.74) is 7.17. The Bertz CT molecular complexity index is 695. The highest BCUT2D eigenvalue weighted by Gasteiger charge is 2.31. The molecule has 1 saturated carbocycles. The predicted octanol–water partition coefficient (Wildman–Crippen LogP) is 1.84. The standard InChI is InChI=1S/C18H24N4O3.ClH/c1-24-15-8-7-13(10-14(15)19)18(23)20-11-17-21-16(22-25-17)9-12-5-3-2-4-6-12;/h2-6,13-15H,7-11,19H2,1H3,(H,20,23);1H/t13-,14+,15+;/m0./s1. The topological polar surface area (TPSA) is 103 Å². The SMILES string of the molecule is CO[C@@H]1CC[C@H](C(=O)NCc2nc(Cc3ccccc3)no2)C[C@H]1N.Cl. The van der Waals surface area contributed by atoms with Gasteiger partial charge in [-0.25, -0.2) is 0 Å². The van der Waals surface area contributed by atoms with Gasteiger partial charge in [0.1, 0.15) is 0 Å². The molecule has 3 rings (SSSR count). The number of nitrogens with one attached hydrogen (secondary N) is 1. The number of halogens is 1. The van der Waals surface area contributed by atoms with Crippen LogP contribution in [0.15, 0.2) is 34.9 Å². The van der Waals surface area contributed by atoms with Gasteiger partial charge in [-0.15, -0.1) is 12.4 Å². The molecule has 0 radical (unpaired) electrons. The van der Waals surface area contributed by atoms with Crippen molar-refractivity contribution in [3.63, 3.8) is 0 Å². The van der Waals surface area contributed by atoms with E-state index in [1.807, 2.05) is 30.3 Å². The predicted molar refractivity (Wildman–Crippen MR) is 98.8 cm³/mol. The number of nitrogens with zero attached hydrogens (tertiary/aromatic N) is 2. The average Bonchev–Trinajstić information content (AvgIpc) is 3.08. The van der Waals surface area contributed by atoms with Gasteiger partial charge in [-0.3, -0.25) is 4.79 Å². The summed E-state index contributed by atoms with van der Waals surface area (Å²) in [5, 5.41) is 6.83. The molecule has 1 amide bonds. The van der Waals surface area contributed by atoms with E-state index < -0.39 is 0 Å². The number of nitrogens with two attached hydrogens (primary N) is 1. The van der Waals surface area contributed by atoms with Crippen molar-refractivity contribution in [3.05, 3.63) is 47.6 Å². The average molecular weight is 381 g/mol. The number of amides is 1. The lowest BCUT2D eigenvalue weighted by atomic mass is 9.83. The largest absolute Gasteiger partial charge is 0.380 e. The summed E-state index contributed by atoms with van der Waals surface area (Å²) in [7, 11) is 1.66. The van der Waals surface area contributed by atoms with Crippen molar-refractivity contribution in [2.24, 2.45) is 11.7 Å². The van der Waals surface area contributed by atoms with Crippen molar-refractivity contribution in [2.45, 2.75) is 44.4 Å². The molecular weight excluding hydrogens is 356 g/mol. The molecule has 7 nitrogen and oxygen atoms in total. The lowest BCUT2D eigenvalue weighted by Crippen LogP contribution is -2.45. The van der Waals surface area contributed by atoms with Crippen LogP contribution in [0.2, 0.25) is 0 Å². The molecule has 26 heavy (non-hydrogen) atoms. The quantitative estimate of drug-likeness (QED) is 0.792. The number of benzene rings is 1. The van der Waals surface area contributed by atoms with Gasteiger partial charge in [0.2, 0.25) is 11.8 Å². The number of hydrogen-bond acceptors (Lipinski definition) is 6. The van der Waals surface area contributed by atoms with E-state index in [-0.39, 0.29) is 42.9 Å². The molecule has 1 aliphatic rings. The number of ether oxygens (including phenoxy) is 1. The fourth-order valence-electron chi connectivity index (χ4n) is 3.23. The summed E-state index contributed by atoms with van der Waals surface area (Å²) in [6.07, 6.45) is 2.86. The van der Waals surface area contributed by atoms with E-state index in [9.17, 15) is 4.79 Å². The molecule has 1 fully saturated rings. The number of carbonyl (C=O) groups excluding carboxylic acids is 1. The van der Waals surface area contributed by atoms with Crippen LogP contribution >= 0.6 is 12.4 Å². The van der Waals surface area contributed by atoms with Crippen molar-refractivity contribution in [2.75, 3.05) is 7.11 Å². The molecule has 1 heterocycles. The molecule has 0 aliphatic heterocycles. The van der Waals surface area contributed by atoms with Crippen LogP contribution in [0.5, 0.6) is 0 Å². The Morgan fingerprint density at radius 1 is 1.35 bits per heavy atom. The summed E-state index contributed by atoms with van der Waals surface area (Å²) in [6, 6.07) is 9.83. The van der Waals surface area contributed by atoms with E-state index in [0.717, 1.165) is 18.4 Å². The zero-order valence-corrected chi connectivity index (χ0v) is 15.6. The summed E-state index contributed by atoms with van der Waals surface area (Å²) < 4.78 is 10.5. The van der Waals surface area contributed by atoms with E-state index >= 15 is 0 Å². The van der Waals surface area contributed by atoms with Gasteiger partial charge in [0, 0.05) is 25.5 Å². The fraction of sp³-hybridized carbons (Fsp3) is 0.500. The second-order valence-corrected chi connectivity index (χ2v) is 6.43. The fourth-order valence-corrected chi connectivity index (χ4v) is 3.23. The van der Waals surface area contributed by atoms with Gasteiger partial charge in [0.15, 0.2) is 5.82 Å². The second kappa shape index (κ2) is 9.66. The smallest absolute Gasteiger partial charge is 0.246 e. The Kier molecular flexibility index (Phi) is 7.56. The van der Waals surface area contributed by atoms with Crippen molar-refractivity contribution in [1.29, 1.82) is 0 Å². The Morgan fingerprint density at radius 2 is 2.12 bits per heavy atom. The number of carbonyl (C=O) groups is 1. The van der Waals surface area contributed by atoms with Crippen LogP contribution in [0, 0.1) is 5.92 Å². The van der Waals surface area contributed by atoms with E-state index in [0.29, 0.717) is 24.6 Å². The molecule has 0 spiro atoms. The van der Waals surface area contributed by atoms with Crippen molar-refractivity contribution >= 4 is 18.3 Å². The summed E-state index contributed by atoms with van der Waals surface area (Å²) in [5.74, 6) is 0.910. The van der Waals surface area contributed by atoms with E-state index in [4.69, 9.17) is 15.0 Å². The van der Waals surface area contributed by atoms with Crippen molar-refractivity contribution in [3.8, 4) is 0 Å². The lowest BCUT2D eigenvalue weighted by Gasteiger charge is -2.32. The Hall–Kier alpha value is -1.96. The number of rotatable bonds is 6. The van der Waals surface area contributed by atoms with Gasteiger partial charge >= 0.3 is 0 Å². The third-order valence-electron chi connectivity index (χ3n) is 4.64. The highest BCUT2D eigenvalue weighted by atomic mass is 35.5. The molecule has 0 bridgehead atoms. The molecule has 0 saturated heterocycles. The number of methoxy groups -OCH3 is 1. The zero-order valence-electron chi connectivity index (χ0n) is 14.8. The molecule has 1 aliphatic carbocycles. The van der Waals surface area contributed by atoms with E-state index in [1.54, 1.807) is 7.11 Å².